The standard InChI is InChI=1S/C12H24N2O/c1-10-7-11(10)8-14(2)9-12(13)3-5-15-6-4-12/h10-11H,3-9,13H2,1-2H3. The molecule has 2 unspecified atom stereocenters. The number of hydrogen-bond acceptors (Lipinski definition) is 3. The fraction of sp³-hybridized carbons (Fsp3) is 1.00. The molecule has 2 aliphatic rings. The zero-order valence-electron chi connectivity index (χ0n) is 10.0. The van der Waals surface area contributed by atoms with Crippen molar-refractivity contribution in [3.63, 3.8) is 0 Å². The molecule has 2 atom stereocenters. The van der Waals surface area contributed by atoms with Crippen LogP contribution in [0.25, 0.3) is 0 Å². The molecule has 0 aromatic carbocycles. The van der Waals surface area contributed by atoms with E-state index in [9.17, 15) is 0 Å². The van der Waals surface area contributed by atoms with Gasteiger partial charge in [-0.15, -0.1) is 0 Å². The SMILES string of the molecule is CC1CC1CN(C)CC1(N)CCOCC1. The van der Waals surface area contributed by atoms with Crippen LogP contribution in [0.1, 0.15) is 26.2 Å². The number of rotatable bonds is 4. The van der Waals surface area contributed by atoms with Crippen molar-refractivity contribution in [1.82, 2.24) is 4.90 Å². The maximum atomic E-state index is 6.37. The first-order chi connectivity index (χ1) is 7.09. The van der Waals surface area contributed by atoms with Crippen molar-refractivity contribution in [3.05, 3.63) is 0 Å². The van der Waals surface area contributed by atoms with Crippen LogP contribution in [0.3, 0.4) is 0 Å². The maximum absolute atomic E-state index is 6.37. The number of nitrogens with zero attached hydrogens (tertiary/aromatic N) is 1. The Bertz CT molecular complexity index is 214. The summed E-state index contributed by atoms with van der Waals surface area (Å²) in [5, 5.41) is 0. The van der Waals surface area contributed by atoms with Crippen LogP contribution in [0.4, 0.5) is 0 Å². The van der Waals surface area contributed by atoms with Crippen LogP contribution >= 0.6 is 0 Å². The molecule has 3 nitrogen and oxygen atoms in total. The summed E-state index contributed by atoms with van der Waals surface area (Å²) in [6.07, 6.45) is 3.43. The van der Waals surface area contributed by atoms with Gasteiger partial charge in [0, 0.05) is 31.8 Å². The Labute approximate surface area is 93.0 Å². The van der Waals surface area contributed by atoms with Crippen molar-refractivity contribution in [2.75, 3.05) is 33.4 Å². The smallest absolute Gasteiger partial charge is 0.0484 e. The molecule has 2 N–H and O–H groups in total. The second kappa shape index (κ2) is 4.40. The Morgan fingerprint density at radius 2 is 2.00 bits per heavy atom. The van der Waals surface area contributed by atoms with E-state index in [0.29, 0.717) is 0 Å². The van der Waals surface area contributed by atoms with E-state index in [2.05, 4.69) is 18.9 Å². The molecular formula is C12H24N2O. The zero-order chi connectivity index (χ0) is 10.9. The first-order valence-electron chi connectivity index (χ1n) is 6.14. The average Bonchev–Trinajstić information content (AvgIpc) is 2.81. The van der Waals surface area contributed by atoms with Gasteiger partial charge in [-0.05, 0) is 38.1 Å². The molecule has 2 fully saturated rings. The van der Waals surface area contributed by atoms with E-state index in [1.165, 1.54) is 13.0 Å². The fourth-order valence-corrected chi connectivity index (χ4v) is 2.59. The molecule has 1 saturated carbocycles. The van der Waals surface area contributed by atoms with Gasteiger partial charge >= 0.3 is 0 Å². The molecule has 0 aromatic rings. The molecule has 0 aromatic heterocycles. The van der Waals surface area contributed by atoms with Crippen molar-refractivity contribution in [2.24, 2.45) is 17.6 Å². The van der Waals surface area contributed by atoms with E-state index in [0.717, 1.165) is 44.4 Å². The van der Waals surface area contributed by atoms with Crippen LogP contribution in [-0.4, -0.2) is 43.8 Å². The zero-order valence-corrected chi connectivity index (χ0v) is 10.0. The highest BCUT2D eigenvalue weighted by Crippen LogP contribution is 2.38. The lowest BCUT2D eigenvalue weighted by Crippen LogP contribution is -2.53. The molecule has 1 aliphatic carbocycles. The lowest BCUT2D eigenvalue weighted by atomic mass is 9.91. The summed E-state index contributed by atoms with van der Waals surface area (Å²) in [6.45, 7) is 6.26. The summed E-state index contributed by atoms with van der Waals surface area (Å²) in [7, 11) is 2.20. The van der Waals surface area contributed by atoms with Gasteiger partial charge in [-0.2, -0.15) is 0 Å². The molecular weight excluding hydrogens is 188 g/mol. The molecule has 88 valence electrons. The molecule has 1 aliphatic heterocycles. The number of hydrogen-bond donors (Lipinski definition) is 1. The Hall–Kier alpha value is -0.120. The van der Waals surface area contributed by atoms with Gasteiger partial charge in [0.1, 0.15) is 0 Å². The highest BCUT2D eigenvalue weighted by Gasteiger charge is 2.35. The van der Waals surface area contributed by atoms with Crippen molar-refractivity contribution in [1.29, 1.82) is 0 Å². The van der Waals surface area contributed by atoms with E-state index in [4.69, 9.17) is 10.5 Å². The normalized spacial score (nSPS) is 34.4. The van der Waals surface area contributed by atoms with Gasteiger partial charge in [-0.3, -0.25) is 0 Å². The number of nitrogens with two attached hydrogens (primary N) is 1. The van der Waals surface area contributed by atoms with E-state index < -0.39 is 0 Å². The Morgan fingerprint density at radius 1 is 1.40 bits per heavy atom. The third-order valence-corrected chi connectivity index (χ3v) is 3.90. The summed E-state index contributed by atoms with van der Waals surface area (Å²) in [5.41, 5.74) is 6.37. The van der Waals surface area contributed by atoms with Crippen LogP contribution in [-0.2, 0) is 4.74 Å². The topological polar surface area (TPSA) is 38.5 Å². The first kappa shape index (κ1) is 11.4. The van der Waals surface area contributed by atoms with Crippen LogP contribution in [0.2, 0.25) is 0 Å². The van der Waals surface area contributed by atoms with Crippen molar-refractivity contribution < 1.29 is 4.74 Å². The highest BCUT2D eigenvalue weighted by atomic mass is 16.5. The van der Waals surface area contributed by atoms with Gasteiger partial charge in [0.05, 0.1) is 0 Å². The molecule has 3 heteroatoms. The summed E-state index contributed by atoms with van der Waals surface area (Å²) in [6, 6.07) is 0. The largest absolute Gasteiger partial charge is 0.381 e. The summed E-state index contributed by atoms with van der Waals surface area (Å²) >= 11 is 0. The van der Waals surface area contributed by atoms with Crippen molar-refractivity contribution in [3.8, 4) is 0 Å². The molecule has 0 amide bonds. The molecule has 0 spiro atoms. The second-order valence-electron chi connectivity index (χ2n) is 5.64. The van der Waals surface area contributed by atoms with Gasteiger partial charge in [0.15, 0.2) is 0 Å². The predicted octanol–water partition coefficient (Wildman–Crippen LogP) is 1.08. The van der Waals surface area contributed by atoms with Crippen LogP contribution in [0.5, 0.6) is 0 Å². The third-order valence-electron chi connectivity index (χ3n) is 3.90. The van der Waals surface area contributed by atoms with Crippen molar-refractivity contribution >= 4 is 0 Å². The molecule has 0 bridgehead atoms. The minimum Gasteiger partial charge on any atom is -0.381 e. The number of ether oxygens (including phenoxy) is 1. The lowest BCUT2D eigenvalue weighted by molar-refractivity contribution is 0.0405. The first-order valence-corrected chi connectivity index (χ1v) is 6.14. The molecule has 15 heavy (non-hydrogen) atoms. The highest BCUT2D eigenvalue weighted by molar-refractivity contribution is 4.91. The molecule has 1 saturated heterocycles. The van der Waals surface area contributed by atoms with E-state index in [-0.39, 0.29) is 5.54 Å². The second-order valence-corrected chi connectivity index (χ2v) is 5.64. The average molecular weight is 212 g/mol. The molecule has 1 heterocycles. The summed E-state index contributed by atoms with van der Waals surface area (Å²) < 4.78 is 5.36. The van der Waals surface area contributed by atoms with E-state index >= 15 is 0 Å². The van der Waals surface area contributed by atoms with Crippen LogP contribution in [0.15, 0.2) is 0 Å². The van der Waals surface area contributed by atoms with E-state index in [1.807, 2.05) is 0 Å². The Morgan fingerprint density at radius 3 is 2.53 bits per heavy atom. The Balaban J connectivity index is 1.74. The quantitative estimate of drug-likeness (QED) is 0.758. The summed E-state index contributed by atoms with van der Waals surface area (Å²) in [4.78, 5) is 2.42. The Kier molecular flexibility index (Phi) is 3.33. The minimum absolute atomic E-state index is 0.00509. The van der Waals surface area contributed by atoms with Gasteiger partial charge in [-0.1, -0.05) is 6.92 Å². The van der Waals surface area contributed by atoms with E-state index in [1.54, 1.807) is 0 Å². The fourth-order valence-electron chi connectivity index (χ4n) is 2.59. The van der Waals surface area contributed by atoms with Crippen LogP contribution in [0, 0.1) is 11.8 Å². The molecule has 0 radical (unpaired) electrons. The van der Waals surface area contributed by atoms with Gasteiger partial charge in [-0.25, -0.2) is 0 Å². The van der Waals surface area contributed by atoms with Gasteiger partial charge in [0.2, 0.25) is 0 Å². The molecule has 2 rings (SSSR count). The third kappa shape index (κ3) is 3.16. The van der Waals surface area contributed by atoms with Crippen LogP contribution < -0.4 is 5.73 Å². The predicted molar refractivity (Wildman–Crippen MR) is 61.7 cm³/mol. The maximum Gasteiger partial charge on any atom is 0.0484 e. The monoisotopic (exact) mass is 212 g/mol. The van der Waals surface area contributed by atoms with Gasteiger partial charge < -0.3 is 15.4 Å². The summed E-state index contributed by atoms with van der Waals surface area (Å²) in [5.74, 6) is 1.87. The van der Waals surface area contributed by atoms with Gasteiger partial charge in [0.25, 0.3) is 0 Å². The lowest BCUT2D eigenvalue weighted by Gasteiger charge is -2.36. The number of likely N-dealkylation sites (N-methyl/N-ethyl adjacent to an activating group) is 1. The van der Waals surface area contributed by atoms with Crippen molar-refractivity contribution in [2.45, 2.75) is 31.7 Å². The minimum atomic E-state index is 0.00509.